The number of nitrogens with one attached hydrogen (secondary N) is 1. The molecule has 138 valence electrons. The first-order chi connectivity index (χ1) is 12.5. The normalized spacial score (nSPS) is 12.4. The summed E-state index contributed by atoms with van der Waals surface area (Å²) in [4.78, 5) is 25.5. The fourth-order valence-corrected chi connectivity index (χ4v) is 4.20. The molecule has 1 N–H and O–H groups in total. The molecule has 0 aliphatic heterocycles. The van der Waals surface area contributed by atoms with Crippen LogP contribution >= 0.6 is 7.60 Å². The lowest BCUT2D eigenvalue weighted by Gasteiger charge is -2.26. The zero-order chi connectivity index (χ0) is 19.0. The summed E-state index contributed by atoms with van der Waals surface area (Å²) in [5.74, 6) is -2.49. The highest BCUT2D eigenvalue weighted by molar-refractivity contribution is 7.55. The van der Waals surface area contributed by atoms with E-state index in [0.717, 1.165) is 0 Å². The van der Waals surface area contributed by atoms with Gasteiger partial charge in [0.05, 0.1) is 13.2 Å². The highest BCUT2D eigenvalue weighted by Crippen LogP contribution is 2.53. The number of carbonyl (C=O) groups excluding carboxylic acids is 2. The molecular formula is C19H22NO5P. The van der Waals surface area contributed by atoms with Crippen LogP contribution in [0.15, 0.2) is 60.7 Å². The van der Waals surface area contributed by atoms with Gasteiger partial charge in [0.15, 0.2) is 11.6 Å². The van der Waals surface area contributed by atoms with Crippen molar-refractivity contribution in [1.82, 2.24) is 5.32 Å². The lowest BCUT2D eigenvalue weighted by atomic mass is 10.1. The van der Waals surface area contributed by atoms with Gasteiger partial charge in [0.25, 0.3) is 5.91 Å². The second kappa shape index (κ2) is 9.43. The maximum Gasteiger partial charge on any atom is 0.360 e. The molecular weight excluding hydrogens is 353 g/mol. The molecule has 7 heteroatoms. The number of amides is 1. The van der Waals surface area contributed by atoms with Gasteiger partial charge in [0, 0.05) is 11.1 Å². The minimum Gasteiger partial charge on any atom is -0.332 e. The Morgan fingerprint density at radius 3 is 1.81 bits per heavy atom. The van der Waals surface area contributed by atoms with Crippen molar-refractivity contribution in [3.63, 3.8) is 0 Å². The van der Waals surface area contributed by atoms with Gasteiger partial charge in [0.2, 0.25) is 0 Å². The molecule has 0 bridgehead atoms. The van der Waals surface area contributed by atoms with Gasteiger partial charge in [-0.25, -0.2) is 0 Å². The third-order valence-electron chi connectivity index (χ3n) is 3.54. The Hall–Kier alpha value is -2.27. The van der Waals surface area contributed by atoms with Crippen molar-refractivity contribution in [2.45, 2.75) is 19.6 Å². The Morgan fingerprint density at radius 2 is 1.35 bits per heavy atom. The molecule has 0 aromatic heterocycles. The Labute approximate surface area is 153 Å². The maximum atomic E-state index is 13.2. The van der Waals surface area contributed by atoms with Gasteiger partial charge in [0.1, 0.15) is 0 Å². The summed E-state index contributed by atoms with van der Waals surface area (Å²) < 4.78 is 23.8. The molecule has 2 rings (SSSR count). The summed E-state index contributed by atoms with van der Waals surface area (Å²) in [6.45, 7) is 3.46. The third-order valence-corrected chi connectivity index (χ3v) is 5.78. The zero-order valence-corrected chi connectivity index (χ0v) is 15.6. The second-order valence-corrected chi connectivity index (χ2v) is 7.46. The van der Waals surface area contributed by atoms with Crippen molar-refractivity contribution in [3.05, 3.63) is 71.8 Å². The number of hydrogen-bond acceptors (Lipinski definition) is 5. The predicted molar refractivity (Wildman–Crippen MR) is 99.3 cm³/mol. The molecule has 0 aliphatic carbocycles. The highest BCUT2D eigenvalue weighted by Gasteiger charge is 2.42. The van der Waals surface area contributed by atoms with Crippen molar-refractivity contribution in [3.8, 4) is 0 Å². The van der Waals surface area contributed by atoms with Crippen LogP contribution in [0.4, 0.5) is 0 Å². The van der Waals surface area contributed by atoms with E-state index in [1.54, 1.807) is 74.5 Å². The summed E-state index contributed by atoms with van der Waals surface area (Å²) in [7, 11) is -3.91. The highest BCUT2D eigenvalue weighted by atomic mass is 31.2. The van der Waals surface area contributed by atoms with Gasteiger partial charge in [-0.15, -0.1) is 0 Å². The Bertz CT molecular complexity index is 769. The van der Waals surface area contributed by atoms with Crippen LogP contribution in [0, 0.1) is 0 Å². The lowest BCUT2D eigenvalue weighted by Crippen LogP contribution is -2.41. The Morgan fingerprint density at radius 1 is 0.885 bits per heavy atom. The molecule has 0 spiro atoms. The second-order valence-electron chi connectivity index (χ2n) is 5.35. The monoisotopic (exact) mass is 375 g/mol. The summed E-state index contributed by atoms with van der Waals surface area (Å²) in [6.07, 6.45) is 0. The first kappa shape index (κ1) is 20.0. The maximum absolute atomic E-state index is 13.2. The number of carbonyl (C=O) groups is 2. The molecule has 2 aromatic rings. The topological polar surface area (TPSA) is 81.7 Å². The average molecular weight is 375 g/mol. The van der Waals surface area contributed by atoms with Gasteiger partial charge in [-0.2, -0.15) is 0 Å². The van der Waals surface area contributed by atoms with Gasteiger partial charge in [-0.05, 0) is 26.0 Å². The summed E-state index contributed by atoms with van der Waals surface area (Å²) in [6, 6.07) is 16.7. The minimum atomic E-state index is -3.91. The molecule has 0 radical (unpaired) electrons. The summed E-state index contributed by atoms with van der Waals surface area (Å²) in [5.41, 5.74) is 0.656. The average Bonchev–Trinajstić information content (AvgIpc) is 2.67. The summed E-state index contributed by atoms with van der Waals surface area (Å²) in [5, 5.41) is 2.54. The lowest BCUT2D eigenvalue weighted by molar-refractivity contribution is 0.0865. The van der Waals surface area contributed by atoms with Crippen LogP contribution in [-0.4, -0.2) is 30.7 Å². The van der Waals surface area contributed by atoms with E-state index in [9.17, 15) is 14.2 Å². The number of benzene rings is 2. The van der Waals surface area contributed by atoms with Crippen LogP contribution in [-0.2, 0) is 13.6 Å². The van der Waals surface area contributed by atoms with Crippen LogP contribution in [0.2, 0.25) is 0 Å². The van der Waals surface area contributed by atoms with E-state index in [1.165, 1.54) is 0 Å². The molecule has 26 heavy (non-hydrogen) atoms. The number of ketones is 1. The number of rotatable bonds is 9. The zero-order valence-electron chi connectivity index (χ0n) is 14.8. The molecule has 1 amide bonds. The minimum absolute atomic E-state index is 0.0804. The molecule has 2 aromatic carbocycles. The smallest absolute Gasteiger partial charge is 0.332 e. The fourth-order valence-electron chi connectivity index (χ4n) is 2.39. The quantitative estimate of drug-likeness (QED) is 0.531. The van der Waals surface area contributed by atoms with Gasteiger partial charge in [-0.1, -0.05) is 48.5 Å². The van der Waals surface area contributed by atoms with Crippen LogP contribution < -0.4 is 5.32 Å². The largest absolute Gasteiger partial charge is 0.360 e. The van der Waals surface area contributed by atoms with Crippen molar-refractivity contribution >= 4 is 19.3 Å². The predicted octanol–water partition coefficient (Wildman–Crippen LogP) is 3.89. The molecule has 0 heterocycles. The molecule has 0 unspecified atom stereocenters. The van der Waals surface area contributed by atoms with Gasteiger partial charge in [-0.3, -0.25) is 14.2 Å². The van der Waals surface area contributed by atoms with Crippen LogP contribution in [0.1, 0.15) is 34.6 Å². The van der Waals surface area contributed by atoms with E-state index >= 15 is 0 Å². The van der Waals surface area contributed by atoms with E-state index in [-0.39, 0.29) is 13.2 Å². The first-order valence-corrected chi connectivity index (χ1v) is 9.97. The number of hydrogen-bond donors (Lipinski definition) is 1. The van der Waals surface area contributed by atoms with E-state index in [4.69, 9.17) is 9.05 Å². The van der Waals surface area contributed by atoms with Gasteiger partial charge >= 0.3 is 7.60 Å². The van der Waals surface area contributed by atoms with Crippen LogP contribution in [0.3, 0.4) is 0 Å². The van der Waals surface area contributed by atoms with Crippen LogP contribution in [0.5, 0.6) is 0 Å². The van der Waals surface area contributed by atoms with E-state index in [1.807, 2.05) is 0 Å². The molecule has 0 fully saturated rings. The summed E-state index contributed by atoms with van der Waals surface area (Å²) >= 11 is 0. The van der Waals surface area contributed by atoms with Gasteiger partial charge < -0.3 is 14.4 Å². The number of Topliss-reactive ketones (excluding diaryl/α,β-unsaturated/α-hetero) is 1. The molecule has 0 aliphatic rings. The van der Waals surface area contributed by atoms with E-state index in [0.29, 0.717) is 11.1 Å². The van der Waals surface area contributed by atoms with Crippen molar-refractivity contribution in [2.75, 3.05) is 13.2 Å². The molecule has 0 saturated carbocycles. The molecule has 6 nitrogen and oxygen atoms in total. The third kappa shape index (κ3) is 4.88. The van der Waals surface area contributed by atoms with Crippen molar-refractivity contribution in [2.24, 2.45) is 0 Å². The van der Waals surface area contributed by atoms with E-state index < -0.39 is 25.1 Å². The molecule has 1 atom stereocenters. The van der Waals surface area contributed by atoms with E-state index in [2.05, 4.69) is 5.32 Å². The Balaban J connectivity index is 2.39. The SMILES string of the molecule is CCOP(=O)(OCC)[C@H](NC(=O)c1ccccc1)C(=O)c1ccccc1. The standard InChI is InChI=1S/C19H22NO5P/c1-3-24-26(23,25-4-2)19(17(21)15-11-7-5-8-12-15)20-18(22)16-13-9-6-10-14-16/h5-14,19H,3-4H2,1-2H3,(H,20,22)/t19-/m0/s1. The molecule has 0 saturated heterocycles. The first-order valence-electron chi connectivity index (χ1n) is 8.35. The fraction of sp³-hybridized carbons (Fsp3) is 0.263. The van der Waals surface area contributed by atoms with Crippen LogP contribution in [0.25, 0.3) is 0 Å². The van der Waals surface area contributed by atoms with Crippen molar-refractivity contribution < 1.29 is 23.2 Å². The van der Waals surface area contributed by atoms with Crippen molar-refractivity contribution in [1.29, 1.82) is 0 Å². The Kier molecular flexibility index (Phi) is 7.27.